The molecule has 0 radical (unpaired) electrons. The number of fused-ring (bicyclic) bond motifs is 1. The molecule has 2 aromatic rings. The van der Waals surface area contributed by atoms with Crippen molar-refractivity contribution in [2.24, 2.45) is 5.73 Å². The summed E-state index contributed by atoms with van der Waals surface area (Å²) in [5.74, 6) is 0.197. The van der Waals surface area contributed by atoms with Gasteiger partial charge in [-0.3, -0.25) is 4.79 Å². The molecule has 0 saturated carbocycles. The average molecular weight is 230 g/mol. The third-order valence-electron chi connectivity index (χ3n) is 2.73. The fourth-order valence-electron chi connectivity index (χ4n) is 2.05. The van der Waals surface area contributed by atoms with Gasteiger partial charge < -0.3 is 10.5 Å². The maximum atomic E-state index is 11.4. The van der Waals surface area contributed by atoms with E-state index in [0.717, 1.165) is 16.6 Å². The normalized spacial score (nSPS) is 10.5. The zero-order valence-corrected chi connectivity index (χ0v) is 10.1. The van der Waals surface area contributed by atoms with Crippen LogP contribution in [-0.4, -0.2) is 18.0 Å². The SMILES string of the molecule is COc1ccc(C(N)=O)c2c(C)cc(C)nc12. The number of primary amides is 1. The summed E-state index contributed by atoms with van der Waals surface area (Å²) in [6.45, 7) is 3.84. The highest BCUT2D eigenvalue weighted by atomic mass is 16.5. The first-order valence-corrected chi connectivity index (χ1v) is 5.29. The highest BCUT2D eigenvalue weighted by Crippen LogP contribution is 2.29. The van der Waals surface area contributed by atoms with Crippen LogP contribution in [0, 0.1) is 13.8 Å². The van der Waals surface area contributed by atoms with Gasteiger partial charge in [0.25, 0.3) is 0 Å². The van der Waals surface area contributed by atoms with E-state index in [-0.39, 0.29) is 0 Å². The van der Waals surface area contributed by atoms with E-state index in [0.29, 0.717) is 16.8 Å². The van der Waals surface area contributed by atoms with Gasteiger partial charge in [-0.25, -0.2) is 4.98 Å². The Morgan fingerprint density at radius 3 is 2.65 bits per heavy atom. The lowest BCUT2D eigenvalue weighted by Gasteiger charge is -2.11. The Bertz CT molecular complexity index is 606. The van der Waals surface area contributed by atoms with Gasteiger partial charge in [0.1, 0.15) is 11.3 Å². The topological polar surface area (TPSA) is 65.2 Å². The molecule has 2 rings (SSSR count). The molecule has 1 heterocycles. The molecule has 17 heavy (non-hydrogen) atoms. The molecule has 0 saturated heterocycles. The van der Waals surface area contributed by atoms with Crippen molar-refractivity contribution >= 4 is 16.8 Å². The predicted molar refractivity (Wildman–Crippen MR) is 66.3 cm³/mol. The molecule has 0 aliphatic carbocycles. The number of aromatic nitrogens is 1. The quantitative estimate of drug-likeness (QED) is 0.857. The lowest BCUT2D eigenvalue weighted by atomic mass is 10.0. The van der Waals surface area contributed by atoms with Crippen molar-refractivity contribution in [1.82, 2.24) is 4.98 Å². The second-order valence-corrected chi connectivity index (χ2v) is 3.98. The number of nitrogens with zero attached hydrogens (tertiary/aromatic N) is 1. The summed E-state index contributed by atoms with van der Waals surface area (Å²) in [7, 11) is 1.58. The van der Waals surface area contributed by atoms with Crippen LogP contribution in [0.4, 0.5) is 0 Å². The molecule has 1 aromatic carbocycles. The van der Waals surface area contributed by atoms with Gasteiger partial charge in [0, 0.05) is 16.6 Å². The molecular weight excluding hydrogens is 216 g/mol. The number of carbonyl (C=O) groups is 1. The Morgan fingerprint density at radius 2 is 2.06 bits per heavy atom. The van der Waals surface area contributed by atoms with Crippen LogP contribution in [0.2, 0.25) is 0 Å². The smallest absolute Gasteiger partial charge is 0.249 e. The third-order valence-corrected chi connectivity index (χ3v) is 2.73. The lowest BCUT2D eigenvalue weighted by Crippen LogP contribution is -2.12. The number of nitrogens with two attached hydrogens (primary N) is 1. The fourth-order valence-corrected chi connectivity index (χ4v) is 2.05. The first kappa shape index (κ1) is 11.4. The molecule has 0 atom stereocenters. The van der Waals surface area contributed by atoms with E-state index in [1.54, 1.807) is 19.2 Å². The molecule has 4 nitrogen and oxygen atoms in total. The third kappa shape index (κ3) is 1.82. The van der Waals surface area contributed by atoms with E-state index in [9.17, 15) is 4.79 Å². The van der Waals surface area contributed by atoms with Crippen molar-refractivity contribution in [3.8, 4) is 5.75 Å². The Labute approximate surface area is 99.4 Å². The van der Waals surface area contributed by atoms with Gasteiger partial charge in [-0.05, 0) is 37.6 Å². The van der Waals surface area contributed by atoms with E-state index < -0.39 is 5.91 Å². The summed E-state index contributed by atoms with van der Waals surface area (Å²) in [6, 6.07) is 5.32. The average Bonchev–Trinajstić information content (AvgIpc) is 2.27. The van der Waals surface area contributed by atoms with Crippen molar-refractivity contribution in [2.45, 2.75) is 13.8 Å². The predicted octanol–water partition coefficient (Wildman–Crippen LogP) is 1.96. The maximum Gasteiger partial charge on any atom is 0.249 e. The van der Waals surface area contributed by atoms with Crippen molar-refractivity contribution in [3.63, 3.8) is 0 Å². The standard InChI is InChI=1S/C13H14N2O2/c1-7-6-8(2)15-12-10(17-3)5-4-9(11(7)12)13(14)16/h4-6H,1-3H3,(H2,14,16). The molecule has 0 aliphatic heterocycles. The van der Waals surface area contributed by atoms with E-state index in [1.165, 1.54) is 0 Å². The van der Waals surface area contributed by atoms with Crippen molar-refractivity contribution in [1.29, 1.82) is 0 Å². The number of ether oxygens (including phenoxy) is 1. The molecule has 0 unspecified atom stereocenters. The minimum Gasteiger partial charge on any atom is -0.494 e. The number of hydrogen-bond donors (Lipinski definition) is 1. The number of pyridine rings is 1. The van der Waals surface area contributed by atoms with Crippen LogP contribution < -0.4 is 10.5 Å². The Morgan fingerprint density at radius 1 is 1.35 bits per heavy atom. The Kier molecular flexibility index (Phi) is 2.71. The first-order valence-electron chi connectivity index (χ1n) is 5.29. The van der Waals surface area contributed by atoms with Gasteiger partial charge in [-0.1, -0.05) is 0 Å². The largest absolute Gasteiger partial charge is 0.494 e. The highest BCUT2D eigenvalue weighted by Gasteiger charge is 2.14. The van der Waals surface area contributed by atoms with Gasteiger partial charge in [0.2, 0.25) is 5.91 Å². The summed E-state index contributed by atoms with van der Waals surface area (Å²) in [6.07, 6.45) is 0. The summed E-state index contributed by atoms with van der Waals surface area (Å²) >= 11 is 0. The maximum absolute atomic E-state index is 11.4. The number of methoxy groups -OCH3 is 1. The fraction of sp³-hybridized carbons (Fsp3) is 0.231. The monoisotopic (exact) mass is 230 g/mol. The summed E-state index contributed by atoms with van der Waals surface area (Å²) in [4.78, 5) is 15.8. The number of aryl methyl sites for hydroxylation is 2. The van der Waals surface area contributed by atoms with Crippen LogP contribution in [0.1, 0.15) is 21.6 Å². The van der Waals surface area contributed by atoms with Crippen LogP contribution in [0.25, 0.3) is 10.9 Å². The number of benzene rings is 1. The highest BCUT2D eigenvalue weighted by molar-refractivity contribution is 6.08. The minimum absolute atomic E-state index is 0.452. The van der Waals surface area contributed by atoms with Gasteiger partial charge in [-0.2, -0.15) is 0 Å². The molecule has 88 valence electrons. The minimum atomic E-state index is -0.452. The van der Waals surface area contributed by atoms with E-state index in [4.69, 9.17) is 10.5 Å². The zero-order valence-electron chi connectivity index (χ0n) is 10.1. The molecular formula is C13H14N2O2. The molecule has 2 N–H and O–H groups in total. The molecule has 1 aromatic heterocycles. The van der Waals surface area contributed by atoms with Crippen LogP contribution in [0.5, 0.6) is 5.75 Å². The molecule has 4 heteroatoms. The number of hydrogen-bond acceptors (Lipinski definition) is 3. The van der Waals surface area contributed by atoms with Crippen LogP contribution >= 0.6 is 0 Å². The van der Waals surface area contributed by atoms with Gasteiger partial charge in [-0.15, -0.1) is 0 Å². The van der Waals surface area contributed by atoms with Crippen molar-refractivity contribution in [2.75, 3.05) is 7.11 Å². The van der Waals surface area contributed by atoms with Gasteiger partial charge in [0.05, 0.1) is 7.11 Å². The van der Waals surface area contributed by atoms with Crippen LogP contribution in [0.15, 0.2) is 18.2 Å². The number of rotatable bonds is 2. The van der Waals surface area contributed by atoms with E-state index in [1.807, 2.05) is 19.9 Å². The van der Waals surface area contributed by atoms with Crippen LogP contribution in [-0.2, 0) is 0 Å². The number of amides is 1. The van der Waals surface area contributed by atoms with Crippen LogP contribution in [0.3, 0.4) is 0 Å². The summed E-state index contributed by atoms with van der Waals surface area (Å²) in [5, 5.41) is 0.766. The Hall–Kier alpha value is -2.10. The summed E-state index contributed by atoms with van der Waals surface area (Å²) < 4.78 is 5.26. The van der Waals surface area contributed by atoms with Crippen molar-refractivity contribution < 1.29 is 9.53 Å². The second-order valence-electron chi connectivity index (χ2n) is 3.98. The van der Waals surface area contributed by atoms with Crippen molar-refractivity contribution in [3.05, 3.63) is 35.0 Å². The molecule has 1 amide bonds. The van der Waals surface area contributed by atoms with E-state index in [2.05, 4.69) is 4.98 Å². The molecule has 0 spiro atoms. The molecule has 0 bridgehead atoms. The van der Waals surface area contributed by atoms with Gasteiger partial charge in [0.15, 0.2) is 0 Å². The lowest BCUT2D eigenvalue weighted by molar-refractivity contribution is 0.100. The molecule has 0 aliphatic rings. The second kappa shape index (κ2) is 4.05. The first-order chi connectivity index (χ1) is 8.04. The van der Waals surface area contributed by atoms with Gasteiger partial charge >= 0.3 is 0 Å². The van der Waals surface area contributed by atoms with E-state index >= 15 is 0 Å². The molecule has 0 fully saturated rings. The zero-order chi connectivity index (χ0) is 12.6. The Balaban J connectivity index is 2.95. The number of carbonyl (C=O) groups excluding carboxylic acids is 1. The summed E-state index contributed by atoms with van der Waals surface area (Å²) in [5.41, 5.74) is 8.39.